The minimum Gasteiger partial charge on any atom is -0.478 e. The predicted octanol–water partition coefficient (Wildman–Crippen LogP) is 6.01. The number of hydrogen-bond donors (Lipinski definition) is 4. The van der Waals surface area contributed by atoms with Crippen molar-refractivity contribution in [2.75, 3.05) is 13.2 Å². The molecule has 5 aromatic rings. The molecule has 248 valence electrons. The van der Waals surface area contributed by atoms with Gasteiger partial charge in [0.25, 0.3) is 0 Å². The topological polar surface area (TPSA) is 168 Å². The third-order valence-electron chi connectivity index (χ3n) is 5.89. The Bertz CT molecular complexity index is 1580. The van der Waals surface area contributed by atoms with Gasteiger partial charge in [0.05, 0.1) is 28.9 Å². The Hall–Kier alpha value is -6.10. The lowest BCUT2D eigenvalue weighted by atomic mass is 10.2. The van der Waals surface area contributed by atoms with Crippen LogP contribution in [0.25, 0.3) is 0 Å². The highest BCUT2D eigenvalue weighted by atomic mass is 16.5. The molecule has 0 radical (unpaired) electrons. The molecule has 0 aliphatic heterocycles. The number of esters is 2. The summed E-state index contributed by atoms with van der Waals surface area (Å²) in [6.07, 6.45) is -1.01. The number of rotatable bonds is 9. The zero-order chi connectivity index (χ0) is 35.0. The summed E-state index contributed by atoms with van der Waals surface area (Å²) >= 11 is 0. The quantitative estimate of drug-likeness (QED) is 0.138. The summed E-state index contributed by atoms with van der Waals surface area (Å²) in [6.45, 7) is -0.291. The van der Waals surface area contributed by atoms with Gasteiger partial charge in [-0.05, 0) is 54.1 Å². The molecule has 4 N–H and O–H groups in total. The molecule has 5 aromatic carbocycles. The van der Waals surface area contributed by atoms with E-state index in [2.05, 4.69) is 0 Å². The van der Waals surface area contributed by atoms with E-state index in [0.717, 1.165) is 5.56 Å². The molecule has 0 aromatic heterocycles. The van der Waals surface area contributed by atoms with E-state index >= 15 is 0 Å². The van der Waals surface area contributed by atoms with Gasteiger partial charge in [0.2, 0.25) is 0 Å². The average molecular weight is 653 g/mol. The van der Waals surface area contributed by atoms with Crippen molar-refractivity contribution in [2.45, 2.75) is 12.7 Å². The number of ether oxygens (including phenoxy) is 2. The highest BCUT2D eigenvalue weighted by Gasteiger charge is 2.09. The van der Waals surface area contributed by atoms with Crippen molar-refractivity contribution in [3.63, 3.8) is 0 Å². The zero-order valence-electron chi connectivity index (χ0n) is 25.9. The second kappa shape index (κ2) is 22.4. The van der Waals surface area contributed by atoms with Gasteiger partial charge in [-0.15, -0.1) is 0 Å². The van der Waals surface area contributed by atoms with Crippen LogP contribution in [0.15, 0.2) is 152 Å². The van der Waals surface area contributed by atoms with Crippen molar-refractivity contribution in [1.29, 1.82) is 0 Å². The van der Waals surface area contributed by atoms with E-state index < -0.39 is 30.6 Å². The summed E-state index contributed by atoms with van der Waals surface area (Å²) in [4.78, 5) is 43.2. The first kappa shape index (κ1) is 38.1. The van der Waals surface area contributed by atoms with Crippen molar-refractivity contribution in [1.82, 2.24) is 0 Å². The third kappa shape index (κ3) is 15.8. The molecule has 0 aliphatic rings. The Morgan fingerprint density at radius 1 is 0.479 bits per heavy atom. The molecule has 48 heavy (non-hydrogen) atoms. The highest BCUT2D eigenvalue weighted by molar-refractivity contribution is 5.90. The standard InChI is InChI=1S/C14H12O2.C10H12O4.2C7H6O2/c15-14(13-9-5-2-6-10-13)16-11-12-7-3-1-4-8-12;11-6-9(12)7-14-10(13)8-4-2-1-3-5-8;2*8-7(9)6-4-2-1-3-5-6/h1-10H,11H2;1-5,9,11-12H,6-7H2;2*1-5H,(H,8,9). The van der Waals surface area contributed by atoms with Gasteiger partial charge in [-0.2, -0.15) is 0 Å². The van der Waals surface area contributed by atoms with Gasteiger partial charge in [0.15, 0.2) is 0 Å². The monoisotopic (exact) mass is 652 g/mol. The summed E-state index contributed by atoms with van der Waals surface area (Å²) in [6, 6.07) is 43.7. The lowest BCUT2D eigenvalue weighted by Gasteiger charge is -2.07. The molecular formula is C38H36O10. The molecule has 0 heterocycles. The van der Waals surface area contributed by atoms with Crippen molar-refractivity contribution >= 4 is 23.9 Å². The number of carbonyl (C=O) groups is 4. The van der Waals surface area contributed by atoms with E-state index in [0.29, 0.717) is 28.9 Å². The zero-order valence-corrected chi connectivity index (χ0v) is 25.9. The van der Waals surface area contributed by atoms with Crippen molar-refractivity contribution in [3.8, 4) is 0 Å². The van der Waals surface area contributed by atoms with Crippen LogP contribution in [0.2, 0.25) is 0 Å². The number of carboxylic acids is 2. The minimum atomic E-state index is -1.01. The van der Waals surface area contributed by atoms with Gasteiger partial charge in [0, 0.05) is 0 Å². The van der Waals surface area contributed by atoms with Crippen LogP contribution >= 0.6 is 0 Å². The molecule has 10 heteroatoms. The van der Waals surface area contributed by atoms with Crippen molar-refractivity contribution in [3.05, 3.63) is 179 Å². The van der Waals surface area contributed by atoms with E-state index in [9.17, 15) is 19.2 Å². The molecule has 0 spiro atoms. The number of carbonyl (C=O) groups excluding carboxylic acids is 2. The number of aromatic carboxylic acids is 2. The Balaban J connectivity index is 0.000000229. The minimum absolute atomic E-state index is 0.190. The van der Waals surface area contributed by atoms with Crippen LogP contribution in [-0.2, 0) is 16.1 Å². The largest absolute Gasteiger partial charge is 0.478 e. The van der Waals surface area contributed by atoms with Crippen LogP contribution in [0.4, 0.5) is 0 Å². The predicted molar refractivity (Wildman–Crippen MR) is 179 cm³/mol. The molecule has 1 atom stereocenters. The van der Waals surface area contributed by atoms with Gasteiger partial charge in [-0.1, -0.05) is 103 Å². The smallest absolute Gasteiger partial charge is 0.338 e. The summed E-state index contributed by atoms with van der Waals surface area (Å²) in [5.74, 6) is -2.55. The van der Waals surface area contributed by atoms with Gasteiger partial charge in [0.1, 0.15) is 19.3 Å². The molecule has 0 saturated heterocycles. The molecule has 10 nitrogen and oxygen atoms in total. The van der Waals surface area contributed by atoms with E-state index in [1.807, 2.05) is 48.5 Å². The normalized spacial score (nSPS) is 10.1. The Morgan fingerprint density at radius 2 is 0.792 bits per heavy atom. The molecule has 0 amide bonds. The molecule has 0 bridgehead atoms. The second-order valence-corrected chi connectivity index (χ2v) is 9.57. The van der Waals surface area contributed by atoms with Gasteiger partial charge in [-0.25, -0.2) is 19.2 Å². The fourth-order valence-corrected chi connectivity index (χ4v) is 3.42. The van der Waals surface area contributed by atoms with Crippen LogP contribution in [0, 0.1) is 0 Å². The summed E-state index contributed by atoms with van der Waals surface area (Å²) < 4.78 is 9.91. The van der Waals surface area contributed by atoms with Crippen LogP contribution in [0.3, 0.4) is 0 Å². The van der Waals surface area contributed by atoms with E-state index in [1.54, 1.807) is 103 Å². The highest BCUT2D eigenvalue weighted by Crippen LogP contribution is 2.06. The van der Waals surface area contributed by atoms with E-state index in [1.165, 1.54) is 0 Å². The van der Waals surface area contributed by atoms with Crippen LogP contribution in [0.1, 0.15) is 47.0 Å². The average Bonchev–Trinajstić information content (AvgIpc) is 3.15. The van der Waals surface area contributed by atoms with Gasteiger partial charge in [-0.3, -0.25) is 0 Å². The molecule has 1 unspecified atom stereocenters. The third-order valence-corrected chi connectivity index (χ3v) is 5.89. The van der Waals surface area contributed by atoms with Crippen LogP contribution in [0.5, 0.6) is 0 Å². The Morgan fingerprint density at radius 3 is 1.10 bits per heavy atom. The maximum atomic E-state index is 11.6. The Labute approximate surface area is 278 Å². The molecule has 0 saturated carbocycles. The summed E-state index contributed by atoms with van der Waals surface area (Å²) in [5, 5.41) is 34.2. The fraction of sp³-hybridized carbons (Fsp3) is 0.105. The molecule has 0 fully saturated rings. The van der Waals surface area contributed by atoms with Gasteiger partial charge >= 0.3 is 23.9 Å². The first-order chi connectivity index (χ1) is 23.2. The first-order valence-electron chi connectivity index (χ1n) is 14.5. The summed E-state index contributed by atoms with van der Waals surface area (Å²) in [5.41, 5.74) is 2.66. The lowest BCUT2D eigenvalue weighted by molar-refractivity contribution is 0.00931. The number of aliphatic hydroxyl groups is 2. The first-order valence-corrected chi connectivity index (χ1v) is 14.5. The number of benzene rings is 5. The van der Waals surface area contributed by atoms with Crippen LogP contribution in [-0.4, -0.2) is 63.6 Å². The molecule has 0 aliphatic carbocycles. The van der Waals surface area contributed by atoms with Crippen LogP contribution < -0.4 is 0 Å². The van der Waals surface area contributed by atoms with E-state index in [4.69, 9.17) is 29.9 Å². The van der Waals surface area contributed by atoms with E-state index in [-0.39, 0.29) is 12.6 Å². The van der Waals surface area contributed by atoms with Gasteiger partial charge < -0.3 is 29.9 Å². The lowest BCUT2D eigenvalue weighted by Crippen LogP contribution is -2.21. The number of aliphatic hydroxyl groups excluding tert-OH is 2. The molecular weight excluding hydrogens is 616 g/mol. The number of hydrogen-bond acceptors (Lipinski definition) is 8. The SMILES string of the molecule is O=C(O)c1ccccc1.O=C(O)c1ccccc1.O=C(OCC(O)CO)c1ccccc1.O=C(OCc1ccccc1)c1ccccc1. The Kier molecular flexibility index (Phi) is 17.8. The maximum Gasteiger partial charge on any atom is 0.338 e. The van der Waals surface area contributed by atoms with Crippen molar-refractivity contribution in [2.24, 2.45) is 0 Å². The van der Waals surface area contributed by atoms with Crippen molar-refractivity contribution < 1.29 is 49.1 Å². The fourth-order valence-electron chi connectivity index (χ4n) is 3.42. The molecule has 5 rings (SSSR count). The maximum absolute atomic E-state index is 11.6. The number of carboxylic acid groups (broad SMARTS) is 2. The second-order valence-electron chi connectivity index (χ2n) is 9.57. The summed E-state index contributed by atoms with van der Waals surface area (Å²) in [7, 11) is 0.